The topological polar surface area (TPSA) is 44.7 Å². The van der Waals surface area contributed by atoms with Crippen molar-refractivity contribution in [2.75, 3.05) is 58.4 Å². The summed E-state index contributed by atoms with van der Waals surface area (Å²) in [7, 11) is 4.41. The summed E-state index contributed by atoms with van der Waals surface area (Å²) in [5, 5.41) is 1.25. The fraction of sp³-hybridized carbons (Fsp3) is 0.481. The zero-order chi connectivity index (χ0) is 23.9. The molecule has 8 heteroatoms. The van der Waals surface area contributed by atoms with Gasteiger partial charge in [0.25, 0.3) is 0 Å². The molecule has 2 fully saturated rings. The largest absolute Gasteiger partial charge is 0.378 e. The Kier molecular flexibility index (Phi) is 6.49. The Morgan fingerprint density at radius 3 is 2.57 bits per heavy atom. The van der Waals surface area contributed by atoms with Gasteiger partial charge in [0.05, 0.1) is 23.4 Å². The zero-order valence-electron chi connectivity index (χ0n) is 20.8. The van der Waals surface area contributed by atoms with E-state index in [4.69, 9.17) is 14.7 Å². The van der Waals surface area contributed by atoms with E-state index in [2.05, 4.69) is 66.1 Å². The van der Waals surface area contributed by atoms with Gasteiger partial charge in [-0.2, -0.15) is 0 Å². The number of thiophene rings is 2. The first-order valence-corrected chi connectivity index (χ1v) is 14.2. The molecular weight excluding hydrogens is 474 g/mol. The van der Waals surface area contributed by atoms with Gasteiger partial charge in [-0.3, -0.25) is 4.90 Å². The second-order valence-electron chi connectivity index (χ2n) is 9.90. The highest BCUT2D eigenvalue weighted by Crippen LogP contribution is 2.40. The predicted molar refractivity (Wildman–Crippen MR) is 148 cm³/mol. The molecule has 6 rings (SSSR count). The lowest BCUT2D eigenvalue weighted by molar-refractivity contribution is 0.122. The predicted octanol–water partition coefficient (Wildman–Crippen LogP) is 5.24. The number of anilines is 1. The molecule has 6 nitrogen and oxygen atoms in total. The number of piperidine rings is 1. The van der Waals surface area contributed by atoms with Gasteiger partial charge in [0, 0.05) is 64.2 Å². The molecule has 0 saturated carbocycles. The van der Waals surface area contributed by atoms with Crippen LogP contribution in [0.3, 0.4) is 0 Å². The molecule has 1 aromatic carbocycles. The minimum absolute atomic E-state index is 0.707. The lowest BCUT2D eigenvalue weighted by Gasteiger charge is -2.34. The van der Waals surface area contributed by atoms with Gasteiger partial charge in [-0.05, 0) is 46.0 Å². The minimum atomic E-state index is 0.707. The molecule has 2 aliphatic rings. The van der Waals surface area contributed by atoms with E-state index in [0.717, 1.165) is 63.1 Å². The molecule has 0 radical (unpaired) electrons. The molecule has 0 unspecified atom stereocenters. The van der Waals surface area contributed by atoms with Crippen LogP contribution in [0.1, 0.15) is 22.6 Å². The monoisotopic (exact) mass is 507 g/mol. The average Bonchev–Trinajstić information content (AvgIpc) is 3.43. The van der Waals surface area contributed by atoms with Gasteiger partial charge >= 0.3 is 0 Å². The van der Waals surface area contributed by atoms with Crippen molar-refractivity contribution in [2.45, 2.75) is 32.4 Å². The van der Waals surface area contributed by atoms with Crippen LogP contribution >= 0.6 is 22.7 Å². The second kappa shape index (κ2) is 9.75. The summed E-state index contributed by atoms with van der Waals surface area (Å²) in [5.41, 5.74) is 2.26. The molecule has 0 bridgehead atoms. The number of rotatable bonds is 5. The molecule has 0 aliphatic carbocycles. The van der Waals surface area contributed by atoms with E-state index in [1.165, 1.54) is 42.9 Å². The third-order valence-electron chi connectivity index (χ3n) is 7.38. The van der Waals surface area contributed by atoms with Crippen molar-refractivity contribution in [3.8, 4) is 11.4 Å². The summed E-state index contributed by atoms with van der Waals surface area (Å²) in [5.74, 6) is 1.93. The maximum Gasteiger partial charge on any atom is 0.163 e. The van der Waals surface area contributed by atoms with Crippen molar-refractivity contribution in [1.29, 1.82) is 0 Å². The average molecular weight is 508 g/mol. The quantitative estimate of drug-likeness (QED) is 0.368. The van der Waals surface area contributed by atoms with Crippen molar-refractivity contribution in [3.05, 3.63) is 40.1 Å². The van der Waals surface area contributed by atoms with Crippen molar-refractivity contribution < 1.29 is 4.74 Å². The first kappa shape index (κ1) is 23.3. The number of hydrogen-bond donors (Lipinski definition) is 0. The summed E-state index contributed by atoms with van der Waals surface area (Å²) in [6, 6.07) is 11.6. The summed E-state index contributed by atoms with van der Waals surface area (Å²) < 4.78 is 8.16. The Hall–Kier alpha value is -2.10. The van der Waals surface area contributed by atoms with Crippen LogP contribution in [-0.2, 0) is 11.3 Å². The Bertz CT molecular complexity index is 1330. The molecule has 0 amide bonds. The van der Waals surface area contributed by atoms with Gasteiger partial charge in [0.1, 0.15) is 0 Å². The number of aryl methyl sites for hydroxylation is 1. The summed E-state index contributed by atoms with van der Waals surface area (Å²) in [6.07, 6.45) is 2.48. The maximum absolute atomic E-state index is 5.65. The molecule has 0 atom stereocenters. The van der Waals surface area contributed by atoms with Crippen LogP contribution in [0.15, 0.2) is 30.3 Å². The number of morpholine rings is 1. The van der Waals surface area contributed by atoms with E-state index in [1.54, 1.807) is 0 Å². The number of ether oxygens (including phenoxy) is 1. The molecule has 184 valence electrons. The van der Waals surface area contributed by atoms with Crippen LogP contribution in [0.25, 0.3) is 31.7 Å². The minimum Gasteiger partial charge on any atom is -0.378 e. The van der Waals surface area contributed by atoms with Gasteiger partial charge in [-0.1, -0.05) is 18.2 Å². The van der Waals surface area contributed by atoms with Crippen LogP contribution in [0.5, 0.6) is 0 Å². The summed E-state index contributed by atoms with van der Waals surface area (Å²) in [6.45, 7) is 8.76. The van der Waals surface area contributed by atoms with E-state index in [9.17, 15) is 0 Å². The van der Waals surface area contributed by atoms with Crippen LogP contribution in [-0.4, -0.2) is 79.3 Å². The van der Waals surface area contributed by atoms with Crippen LogP contribution in [0.4, 0.5) is 5.82 Å². The number of hydrogen-bond acceptors (Lipinski definition) is 8. The van der Waals surface area contributed by atoms with Crippen molar-refractivity contribution in [2.24, 2.45) is 0 Å². The Morgan fingerprint density at radius 2 is 1.80 bits per heavy atom. The van der Waals surface area contributed by atoms with Gasteiger partial charge in [0.2, 0.25) is 0 Å². The third kappa shape index (κ3) is 4.58. The fourth-order valence-corrected chi connectivity index (χ4v) is 7.62. The lowest BCUT2D eigenvalue weighted by atomic mass is 10.0. The Labute approximate surface area is 215 Å². The van der Waals surface area contributed by atoms with Crippen LogP contribution in [0, 0.1) is 6.92 Å². The highest BCUT2D eigenvalue weighted by Gasteiger charge is 2.24. The molecule has 4 aromatic rings. The van der Waals surface area contributed by atoms with Gasteiger partial charge in [0.15, 0.2) is 11.6 Å². The molecule has 35 heavy (non-hydrogen) atoms. The van der Waals surface area contributed by atoms with Crippen LogP contribution < -0.4 is 4.90 Å². The fourth-order valence-electron chi connectivity index (χ4n) is 5.40. The normalized spacial score (nSPS) is 18.3. The first-order valence-electron chi connectivity index (χ1n) is 12.6. The summed E-state index contributed by atoms with van der Waals surface area (Å²) >= 11 is 3.71. The van der Waals surface area contributed by atoms with E-state index in [-0.39, 0.29) is 0 Å². The Balaban J connectivity index is 1.38. The molecule has 5 heterocycles. The zero-order valence-corrected chi connectivity index (χ0v) is 22.4. The highest BCUT2D eigenvalue weighted by molar-refractivity contribution is 7.20. The molecule has 3 aromatic heterocycles. The highest BCUT2D eigenvalue weighted by atomic mass is 32.1. The lowest BCUT2D eigenvalue weighted by Crippen LogP contribution is -2.41. The molecular formula is C27H33N5OS2. The number of aromatic nitrogens is 2. The number of likely N-dealkylation sites (tertiary alicyclic amines) is 1. The summed E-state index contributed by atoms with van der Waals surface area (Å²) in [4.78, 5) is 20.4. The second-order valence-corrected chi connectivity index (χ2v) is 12.3. The molecule has 0 N–H and O–H groups in total. The number of fused-ring (bicyclic) bond motifs is 2. The standard InChI is InChI=1S/C27H33N5OS2/c1-18-24(21-6-4-5-7-23(21)34-18)26-28-22-16-20(17-31-10-8-19(9-11-31)30(2)3)35-25(22)27(29-26)32-12-14-33-15-13-32/h4-7,16,19H,8-15,17H2,1-3H3. The molecule has 2 saturated heterocycles. The van der Waals surface area contributed by atoms with Crippen molar-refractivity contribution >= 4 is 48.8 Å². The van der Waals surface area contributed by atoms with E-state index in [0.29, 0.717) is 6.04 Å². The van der Waals surface area contributed by atoms with Crippen molar-refractivity contribution in [3.63, 3.8) is 0 Å². The SMILES string of the molecule is Cc1sc2ccccc2c1-c1nc(N2CCOCC2)c2sc(CN3CCC(N(C)C)CC3)cc2n1. The number of nitrogens with zero attached hydrogens (tertiary/aromatic N) is 5. The van der Waals surface area contributed by atoms with Crippen LogP contribution in [0.2, 0.25) is 0 Å². The maximum atomic E-state index is 5.65. The van der Waals surface area contributed by atoms with Gasteiger partial charge < -0.3 is 14.5 Å². The van der Waals surface area contributed by atoms with Crippen molar-refractivity contribution in [1.82, 2.24) is 19.8 Å². The van der Waals surface area contributed by atoms with E-state index >= 15 is 0 Å². The number of benzene rings is 1. The van der Waals surface area contributed by atoms with Gasteiger partial charge in [-0.25, -0.2) is 9.97 Å². The van der Waals surface area contributed by atoms with E-state index < -0.39 is 0 Å². The molecule has 0 spiro atoms. The molecule has 2 aliphatic heterocycles. The smallest absolute Gasteiger partial charge is 0.163 e. The Morgan fingerprint density at radius 1 is 1.03 bits per heavy atom. The van der Waals surface area contributed by atoms with E-state index in [1.807, 2.05) is 22.7 Å². The third-order valence-corrected chi connectivity index (χ3v) is 9.57. The van der Waals surface area contributed by atoms with Gasteiger partial charge in [-0.15, -0.1) is 22.7 Å². The first-order chi connectivity index (χ1) is 17.1.